The maximum Gasteiger partial charge on any atom is 0.0752 e. The molecule has 2 nitrogen and oxygen atoms in total. The van der Waals surface area contributed by atoms with Gasteiger partial charge in [0.15, 0.2) is 0 Å². The summed E-state index contributed by atoms with van der Waals surface area (Å²) < 4.78 is 0. The lowest BCUT2D eigenvalue weighted by molar-refractivity contribution is 0.595. The van der Waals surface area contributed by atoms with Crippen LogP contribution in [0.3, 0.4) is 0 Å². The van der Waals surface area contributed by atoms with E-state index in [0.29, 0.717) is 12.5 Å². The maximum atomic E-state index is 6.34. The van der Waals surface area contributed by atoms with E-state index in [1.807, 2.05) is 19.1 Å². The summed E-state index contributed by atoms with van der Waals surface area (Å²) >= 11 is 6.34. The number of hydrogen-bond acceptors (Lipinski definition) is 2. The number of aryl methyl sites for hydroxylation is 2. The SMILES string of the molecule is Cc1cc(CC(C)CN)c2c(Cl)ccc(C)c2n1. The molecule has 2 aromatic rings. The van der Waals surface area contributed by atoms with Crippen molar-refractivity contribution in [3.05, 3.63) is 40.0 Å². The minimum atomic E-state index is 0.451. The van der Waals surface area contributed by atoms with E-state index >= 15 is 0 Å². The number of fused-ring (bicyclic) bond motifs is 1. The molecule has 96 valence electrons. The van der Waals surface area contributed by atoms with E-state index in [4.69, 9.17) is 17.3 Å². The van der Waals surface area contributed by atoms with E-state index in [0.717, 1.165) is 28.0 Å². The van der Waals surface area contributed by atoms with Gasteiger partial charge in [-0.05, 0) is 56.0 Å². The van der Waals surface area contributed by atoms with Crippen molar-refractivity contribution in [2.45, 2.75) is 27.2 Å². The summed E-state index contributed by atoms with van der Waals surface area (Å²) in [5.41, 5.74) is 10.2. The van der Waals surface area contributed by atoms with Crippen LogP contribution in [0.15, 0.2) is 18.2 Å². The predicted octanol–water partition coefficient (Wildman–Crippen LogP) is 3.64. The smallest absolute Gasteiger partial charge is 0.0752 e. The van der Waals surface area contributed by atoms with Gasteiger partial charge in [-0.25, -0.2) is 0 Å². The third kappa shape index (κ3) is 2.50. The lowest BCUT2D eigenvalue weighted by Gasteiger charge is -2.14. The first-order chi connectivity index (χ1) is 8.52. The number of rotatable bonds is 3. The Labute approximate surface area is 113 Å². The Morgan fingerprint density at radius 2 is 2.06 bits per heavy atom. The highest BCUT2D eigenvalue weighted by Gasteiger charge is 2.12. The predicted molar refractivity (Wildman–Crippen MR) is 78.1 cm³/mol. The molecule has 1 aromatic heterocycles. The number of pyridine rings is 1. The van der Waals surface area contributed by atoms with Crippen molar-refractivity contribution in [2.75, 3.05) is 6.54 Å². The Morgan fingerprint density at radius 3 is 2.72 bits per heavy atom. The molecule has 2 rings (SSSR count). The van der Waals surface area contributed by atoms with Crippen LogP contribution in [0.4, 0.5) is 0 Å². The molecule has 1 atom stereocenters. The monoisotopic (exact) mass is 262 g/mol. The van der Waals surface area contributed by atoms with Gasteiger partial charge in [-0.2, -0.15) is 0 Å². The highest BCUT2D eigenvalue weighted by Crippen LogP contribution is 2.30. The van der Waals surface area contributed by atoms with Crippen LogP contribution in [-0.2, 0) is 6.42 Å². The van der Waals surface area contributed by atoms with Crippen molar-refractivity contribution in [3.63, 3.8) is 0 Å². The van der Waals surface area contributed by atoms with Gasteiger partial charge < -0.3 is 5.73 Å². The fourth-order valence-electron chi connectivity index (χ4n) is 2.27. The fraction of sp³-hybridized carbons (Fsp3) is 0.400. The van der Waals surface area contributed by atoms with Gasteiger partial charge in [0.1, 0.15) is 0 Å². The molecule has 1 heterocycles. The molecule has 18 heavy (non-hydrogen) atoms. The van der Waals surface area contributed by atoms with Crippen molar-refractivity contribution >= 4 is 22.5 Å². The van der Waals surface area contributed by atoms with E-state index in [2.05, 4.69) is 24.9 Å². The van der Waals surface area contributed by atoms with Gasteiger partial charge in [-0.3, -0.25) is 4.98 Å². The summed E-state index contributed by atoms with van der Waals surface area (Å²) in [5, 5.41) is 1.87. The highest BCUT2D eigenvalue weighted by molar-refractivity contribution is 6.35. The van der Waals surface area contributed by atoms with Crippen LogP contribution in [0.5, 0.6) is 0 Å². The van der Waals surface area contributed by atoms with Crippen LogP contribution in [0.1, 0.15) is 23.7 Å². The largest absolute Gasteiger partial charge is 0.330 e. The summed E-state index contributed by atoms with van der Waals surface area (Å²) in [6.07, 6.45) is 0.944. The van der Waals surface area contributed by atoms with Crippen LogP contribution in [0.2, 0.25) is 5.02 Å². The molecular formula is C15H19ClN2. The number of nitrogens with two attached hydrogens (primary N) is 1. The maximum absolute atomic E-state index is 6.34. The molecule has 0 spiro atoms. The molecule has 0 aliphatic heterocycles. The minimum Gasteiger partial charge on any atom is -0.330 e. The molecule has 0 aliphatic carbocycles. The van der Waals surface area contributed by atoms with Crippen LogP contribution < -0.4 is 5.73 Å². The van der Waals surface area contributed by atoms with Crippen molar-refractivity contribution in [1.82, 2.24) is 4.98 Å². The van der Waals surface area contributed by atoms with Gasteiger partial charge in [-0.15, -0.1) is 0 Å². The summed E-state index contributed by atoms with van der Waals surface area (Å²) in [5.74, 6) is 0.451. The number of nitrogens with zero attached hydrogens (tertiary/aromatic N) is 1. The molecule has 0 saturated heterocycles. The molecule has 0 fully saturated rings. The van der Waals surface area contributed by atoms with E-state index < -0.39 is 0 Å². The number of hydrogen-bond donors (Lipinski definition) is 1. The lowest BCUT2D eigenvalue weighted by atomic mass is 9.96. The molecule has 0 bridgehead atoms. The fourth-order valence-corrected chi connectivity index (χ4v) is 2.55. The topological polar surface area (TPSA) is 38.9 Å². The van der Waals surface area contributed by atoms with E-state index in [9.17, 15) is 0 Å². The van der Waals surface area contributed by atoms with Crippen LogP contribution >= 0.6 is 11.6 Å². The Morgan fingerprint density at radius 1 is 1.33 bits per heavy atom. The Bertz CT molecular complexity index is 578. The van der Waals surface area contributed by atoms with Crippen LogP contribution in [0.25, 0.3) is 10.9 Å². The van der Waals surface area contributed by atoms with E-state index in [1.165, 1.54) is 11.1 Å². The molecule has 2 N–H and O–H groups in total. The van der Waals surface area contributed by atoms with Gasteiger partial charge >= 0.3 is 0 Å². The average molecular weight is 263 g/mol. The van der Waals surface area contributed by atoms with Gasteiger partial charge in [0, 0.05) is 11.1 Å². The number of benzene rings is 1. The third-order valence-electron chi connectivity index (χ3n) is 3.29. The van der Waals surface area contributed by atoms with Crippen molar-refractivity contribution in [1.29, 1.82) is 0 Å². The van der Waals surface area contributed by atoms with Crippen LogP contribution in [0, 0.1) is 19.8 Å². The molecule has 0 saturated carbocycles. The second-order valence-electron chi connectivity index (χ2n) is 5.06. The lowest BCUT2D eigenvalue weighted by Crippen LogP contribution is -2.13. The van der Waals surface area contributed by atoms with Crippen molar-refractivity contribution in [3.8, 4) is 0 Å². The second-order valence-corrected chi connectivity index (χ2v) is 5.46. The summed E-state index contributed by atoms with van der Waals surface area (Å²) in [4.78, 5) is 4.61. The van der Waals surface area contributed by atoms with Crippen molar-refractivity contribution in [2.24, 2.45) is 11.7 Å². The number of halogens is 1. The summed E-state index contributed by atoms with van der Waals surface area (Å²) in [6, 6.07) is 6.10. The Hall–Kier alpha value is -1.12. The number of aromatic nitrogens is 1. The molecule has 1 aromatic carbocycles. The van der Waals surface area contributed by atoms with Crippen LogP contribution in [-0.4, -0.2) is 11.5 Å². The molecule has 0 radical (unpaired) electrons. The summed E-state index contributed by atoms with van der Waals surface area (Å²) in [6.45, 7) is 6.94. The molecule has 0 amide bonds. The highest BCUT2D eigenvalue weighted by atomic mass is 35.5. The first kappa shape index (κ1) is 13.3. The zero-order chi connectivity index (χ0) is 13.3. The van der Waals surface area contributed by atoms with Gasteiger partial charge in [0.05, 0.1) is 10.5 Å². The quantitative estimate of drug-likeness (QED) is 0.917. The zero-order valence-electron chi connectivity index (χ0n) is 11.1. The van der Waals surface area contributed by atoms with E-state index in [-0.39, 0.29) is 0 Å². The van der Waals surface area contributed by atoms with Gasteiger partial charge in [-0.1, -0.05) is 24.6 Å². The minimum absolute atomic E-state index is 0.451. The van der Waals surface area contributed by atoms with E-state index in [1.54, 1.807) is 0 Å². The van der Waals surface area contributed by atoms with Crippen molar-refractivity contribution < 1.29 is 0 Å². The Balaban J connectivity index is 2.68. The van der Waals surface area contributed by atoms with Gasteiger partial charge in [0.25, 0.3) is 0 Å². The first-order valence-corrected chi connectivity index (χ1v) is 6.66. The van der Waals surface area contributed by atoms with Gasteiger partial charge in [0.2, 0.25) is 0 Å². The Kier molecular flexibility index (Phi) is 3.88. The molecule has 0 aliphatic rings. The zero-order valence-corrected chi connectivity index (χ0v) is 11.9. The molecular weight excluding hydrogens is 244 g/mol. The normalized spacial score (nSPS) is 12.9. The third-order valence-corrected chi connectivity index (χ3v) is 3.61. The second kappa shape index (κ2) is 5.25. The summed E-state index contributed by atoms with van der Waals surface area (Å²) in [7, 11) is 0. The average Bonchev–Trinajstić information content (AvgIpc) is 2.33. The molecule has 1 unspecified atom stereocenters. The first-order valence-electron chi connectivity index (χ1n) is 6.28. The molecule has 3 heteroatoms. The standard InChI is InChI=1S/C15H19ClN2/c1-9(8-17)6-12-7-11(3)18-15-10(2)4-5-13(16)14(12)15/h4-5,7,9H,6,8,17H2,1-3H3.